The molecule has 0 saturated carbocycles. The third-order valence-electron chi connectivity index (χ3n) is 6.12. The Balaban J connectivity index is 3.03. The standard InChI is InChI=1S/C27H46N6O5/c1-18(2)16-22(25(35)31-21(27(37)38)13-7-9-15-29)33-26(36)23(17-19-10-4-3-5-11-19)32-24(34)20(30)12-6-8-14-28/h3-5,10-11,18,20-23H,6-9,12-17,28-30H2,1-2H3,(H,31,35)(H,32,34)(H,33,36)(H,37,38). The number of carboxylic acids is 1. The molecule has 0 spiro atoms. The molecule has 0 aliphatic heterocycles. The number of nitrogens with two attached hydrogens (primary N) is 3. The minimum Gasteiger partial charge on any atom is -0.480 e. The molecule has 0 radical (unpaired) electrons. The largest absolute Gasteiger partial charge is 0.480 e. The van der Waals surface area contributed by atoms with E-state index in [-0.39, 0.29) is 25.2 Å². The Morgan fingerprint density at radius 1 is 0.763 bits per heavy atom. The fraction of sp³-hybridized carbons (Fsp3) is 0.630. The van der Waals surface area contributed by atoms with Gasteiger partial charge in [0.05, 0.1) is 6.04 Å². The zero-order valence-corrected chi connectivity index (χ0v) is 22.7. The molecule has 1 rings (SSSR count). The summed E-state index contributed by atoms with van der Waals surface area (Å²) in [5.74, 6) is -2.72. The summed E-state index contributed by atoms with van der Waals surface area (Å²) in [7, 11) is 0. The van der Waals surface area contributed by atoms with E-state index >= 15 is 0 Å². The van der Waals surface area contributed by atoms with Crippen molar-refractivity contribution in [3.8, 4) is 0 Å². The number of carboxylic acid groups (broad SMARTS) is 1. The number of hydrogen-bond donors (Lipinski definition) is 7. The van der Waals surface area contributed by atoms with Crippen LogP contribution in [0.25, 0.3) is 0 Å². The smallest absolute Gasteiger partial charge is 0.326 e. The summed E-state index contributed by atoms with van der Waals surface area (Å²) < 4.78 is 0. The lowest BCUT2D eigenvalue weighted by atomic mass is 10.00. The molecule has 1 aromatic rings. The van der Waals surface area contributed by atoms with Crippen LogP contribution in [0.5, 0.6) is 0 Å². The number of hydrogen-bond acceptors (Lipinski definition) is 7. The lowest BCUT2D eigenvalue weighted by Gasteiger charge is -2.26. The van der Waals surface area contributed by atoms with Gasteiger partial charge in [0.1, 0.15) is 18.1 Å². The normalized spacial score (nSPS) is 14.3. The van der Waals surface area contributed by atoms with Gasteiger partial charge in [-0.15, -0.1) is 0 Å². The second-order valence-corrected chi connectivity index (χ2v) is 10.0. The Morgan fingerprint density at radius 2 is 1.29 bits per heavy atom. The van der Waals surface area contributed by atoms with Crippen molar-refractivity contribution in [2.24, 2.45) is 23.1 Å². The number of benzene rings is 1. The monoisotopic (exact) mass is 534 g/mol. The van der Waals surface area contributed by atoms with Gasteiger partial charge in [-0.3, -0.25) is 14.4 Å². The quantitative estimate of drug-likeness (QED) is 0.123. The summed E-state index contributed by atoms with van der Waals surface area (Å²) in [5.41, 5.74) is 17.9. The van der Waals surface area contributed by atoms with Crippen LogP contribution in [0.2, 0.25) is 0 Å². The predicted molar refractivity (Wildman–Crippen MR) is 147 cm³/mol. The first-order chi connectivity index (χ1) is 18.1. The van der Waals surface area contributed by atoms with Crippen LogP contribution in [0.4, 0.5) is 0 Å². The highest BCUT2D eigenvalue weighted by molar-refractivity contribution is 5.94. The maximum atomic E-state index is 13.4. The summed E-state index contributed by atoms with van der Waals surface area (Å²) in [6.07, 6.45) is 3.76. The van der Waals surface area contributed by atoms with Crippen LogP contribution in [0.3, 0.4) is 0 Å². The van der Waals surface area contributed by atoms with Gasteiger partial charge in [-0.2, -0.15) is 0 Å². The van der Waals surface area contributed by atoms with Crippen molar-refractivity contribution in [2.45, 2.75) is 89.4 Å². The van der Waals surface area contributed by atoms with Crippen molar-refractivity contribution in [3.05, 3.63) is 35.9 Å². The number of carbonyl (C=O) groups is 4. The van der Waals surface area contributed by atoms with Gasteiger partial charge in [0.15, 0.2) is 0 Å². The third kappa shape index (κ3) is 13.0. The Hall–Kier alpha value is -3.02. The van der Waals surface area contributed by atoms with Gasteiger partial charge in [0, 0.05) is 6.42 Å². The molecule has 0 heterocycles. The van der Waals surface area contributed by atoms with Gasteiger partial charge in [0.2, 0.25) is 17.7 Å². The van der Waals surface area contributed by atoms with Crippen molar-refractivity contribution in [2.75, 3.05) is 13.1 Å². The summed E-state index contributed by atoms with van der Waals surface area (Å²) in [5, 5.41) is 17.6. The maximum Gasteiger partial charge on any atom is 0.326 e. The number of amides is 3. The summed E-state index contributed by atoms with van der Waals surface area (Å²) >= 11 is 0. The average Bonchev–Trinajstić information content (AvgIpc) is 2.87. The zero-order chi connectivity index (χ0) is 28.5. The second kappa shape index (κ2) is 18.3. The third-order valence-corrected chi connectivity index (χ3v) is 6.12. The highest BCUT2D eigenvalue weighted by Gasteiger charge is 2.30. The summed E-state index contributed by atoms with van der Waals surface area (Å²) in [4.78, 5) is 51.0. The molecular weight excluding hydrogens is 488 g/mol. The molecular formula is C27H46N6O5. The van der Waals surface area contributed by atoms with E-state index in [1.54, 1.807) is 0 Å². The fourth-order valence-corrected chi connectivity index (χ4v) is 3.98. The van der Waals surface area contributed by atoms with Crippen LogP contribution in [0.15, 0.2) is 30.3 Å². The molecule has 11 heteroatoms. The van der Waals surface area contributed by atoms with Gasteiger partial charge < -0.3 is 38.3 Å². The lowest BCUT2D eigenvalue weighted by molar-refractivity contribution is -0.142. The van der Waals surface area contributed by atoms with Gasteiger partial charge in [-0.1, -0.05) is 50.6 Å². The molecule has 4 atom stereocenters. The molecule has 214 valence electrons. The minimum atomic E-state index is -1.15. The van der Waals surface area contributed by atoms with E-state index < -0.39 is 47.9 Å². The number of carbonyl (C=O) groups excluding carboxylic acids is 3. The van der Waals surface area contributed by atoms with E-state index in [1.165, 1.54) is 0 Å². The molecule has 0 aromatic heterocycles. The minimum absolute atomic E-state index is 0.0321. The second-order valence-electron chi connectivity index (χ2n) is 10.0. The molecule has 4 unspecified atom stereocenters. The molecule has 38 heavy (non-hydrogen) atoms. The van der Waals surface area contributed by atoms with Crippen LogP contribution in [-0.2, 0) is 25.6 Å². The molecule has 10 N–H and O–H groups in total. The van der Waals surface area contributed by atoms with E-state index in [2.05, 4.69) is 16.0 Å². The molecule has 11 nitrogen and oxygen atoms in total. The Labute approximate surface area is 225 Å². The zero-order valence-electron chi connectivity index (χ0n) is 22.7. The first kappa shape index (κ1) is 33.0. The summed E-state index contributed by atoms with van der Waals surface area (Å²) in [6.45, 7) is 4.72. The molecule has 0 aliphatic rings. The number of unbranched alkanes of at least 4 members (excludes halogenated alkanes) is 2. The Bertz CT molecular complexity index is 867. The molecule has 1 aromatic carbocycles. The lowest BCUT2D eigenvalue weighted by Crippen LogP contribution is -2.57. The van der Waals surface area contributed by atoms with Gasteiger partial charge in [0.25, 0.3) is 0 Å². The fourth-order valence-electron chi connectivity index (χ4n) is 3.98. The van der Waals surface area contributed by atoms with Gasteiger partial charge in [-0.05, 0) is 63.1 Å². The van der Waals surface area contributed by atoms with E-state index in [0.717, 1.165) is 12.0 Å². The van der Waals surface area contributed by atoms with Crippen LogP contribution in [-0.4, -0.2) is 66.1 Å². The van der Waals surface area contributed by atoms with Gasteiger partial charge in [-0.25, -0.2) is 4.79 Å². The predicted octanol–water partition coefficient (Wildman–Crippen LogP) is 0.400. The molecule has 3 amide bonds. The van der Waals surface area contributed by atoms with Gasteiger partial charge >= 0.3 is 5.97 Å². The van der Waals surface area contributed by atoms with E-state index in [1.807, 2.05) is 44.2 Å². The number of aliphatic carboxylic acids is 1. The van der Waals surface area contributed by atoms with E-state index in [0.29, 0.717) is 38.8 Å². The van der Waals surface area contributed by atoms with Crippen molar-refractivity contribution in [1.82, 2.24) is 16.0 Å². The molecule has 0 aliphatic carbocycles. The van der Waals surface area contributed by atoms with Crippen LogP contribution >= 0.6 is 0 Å². The first-order valence-corrected chi connectivity index (χ1v) is 13.4. The van der Waals surface area contributed by atoms with Crippen LogP contribution in [0, 0.1) is 5.92 Å². The van der Waals surface area contributed by atoms with Crippen LogP contribution in [0.1, 0.15) is 64.4 Å². The average molecular weight is 535 g/mol. The molecule has 0 fully saturated rings. The van der Waals surface area contributed by atoms with Crippen molar-refractivity contribution in [1.29, 1.82) is 0 Å². The Kier molecular flexibility index (Phi) is 15.9. The molecule has 0 bridgehead atoms. The summed E-state index contributed by atoms with van der Waals surface area (Å²) in [6, 6.07) is 5.33. The number of rotatable bonds is 19. The highest BCUT2D eigenvalue weighted by Crippen LogP contribution is 2.10. The SMILES string of the molecule is CC(C)CC(NC(=O)C(Cc1ccccc1)NC(=O)C(N)CCCCN)C(=O)NC(CCCCN)C(=O)O. The Morgan fingerprint density at radius 3 is 1.84 bits per heavy atom. The highest BCUT2D eigenvalue weighted by atomic mass is 16.4. The van der Waals surface area contributed by atoms with E-state index in [4.69, 9.17) is 17.2 Å². The van der Waals surface area contributed by atoms with Crippen molar-refractivity contribution >= 4 is 23.7 Å². The van der Waals surface area contributed by atoms with E-state index in [9.17, 15) is 24.3 Å². The topological polar surface area (TPSA) is 203 Å². The maximum absolute atomic E-state index is 13.4. The van der Waals surface area contributed by atoms with Crippen molar-refractivity contribution in [3.63, 3.8) is 0 Å². The van der Waals surface area contributed by atoms with Crippen molar-refractivity contribution < 1.29 is 24.3 Å². The molecule has 0 saturated heterocycles. The first-order valence-electron chi connectivity index (χ1n) is 13.4. The van der Waals surface area contributed by atoms with Crippen LogP contribution < -0.4 is 33.2 Å². The number of nitrogens with one attached hydrogen (secondary N) is 3.